The number of piperazine rings is 1. The van der Waals surface area contributed by atoms with Gasteiger partial charge in [-0.25, -0.2) is 13.2 Å². The molecule has 2 aromatic carbocycles. The molecule has 0 aliphatic carbocycles. The molecule has 0 aromatic heterocycles. The minimum absolute atomic E-state index is 0.255. The lowest BCUT2D eigenvalue weighted by Crippen LogP contribution is -2.51. The molecule has 1 fully saturated rings. The predicted molar refractivity (Wildman–Crippen MR) is 98.8 cm³/mol. The molecule has 1 saturated heterocycles. The van der Waals surface area contributed by atoms with Gasteiger partial charge >= 0.3 is 6.03 Å². The summed E-state index contributed by atoms with van der Waals surface area (Å²) in [5.74, 6) is 0.654. The Bertz CT molecular complexity index is 863. The molecule has 138 valence electrons. The van der Waals surface area contributed by atoms with Crippen LogP contribution in [0, 0.1) is 0 Å². The zero-order valence-corrected chi connectivity index (χ0v) is 15.3. The number of benzene rings is 2. The summed E-state index contributed by atoms with van der Waals surface area (Å²) in [4.78, 5) is 14.3. The van der Waals surface area contributed by atoms with Crippen LogP contribution in [0.15, 0.2) is 59.5 Å². The van der Waals surface area contributed by atoms with Crippen molar-refractivity contribution in [1.82, 2.24) is 9.21 Å². The van der Waals surface area contributed by atoms with Crippen molar-refractivity contribution in [2.45, 2.75) is 4.90 Å². The number of nitrogens with zero attached hydrogens (tertiary/aromatic N) is 2. The summed E-state index contributed by atoms with van der Waals surface area (Å²) in [6.45, 7) is 1.20. The van der Waals surface area contributed by atoms with E-state index in [0.29, 0.717) is 24.5 Å². The standard InChI is InChI=1S/C18H21N3O4S/c1-25-16-7-5-6-15(14-16)19-18(22)20-10-12-21(13-11-20)26(23,24)17-8-3-2-4-9-17/h2-9,14H,10-13H2,1H3,(H,19,22). The number of rotatable bonds is 4. The first kappa shape index (κ1) is 18.2. The molecule has 0 saturated carbocycles. The van der Waals surface area contributed by atoms with Gasteiger partial charge in [0.1, 0.15) is 5.75 Å². The molecule has 0 unspecified atom stereocenters. The van der Waals surface area contributed by atoms with Crippen molar-refractivity contribution in [3.63, 3.8) is 0 Å². The van der Waals surface area contributed by atoms with Gasteiger partial charge in [0.25, 0.3) is 0 Å². The predicted octanol–water partition coefficient (Wildman–Crippen LogP) is 2.23. The van der Waals surface area contributed by atoms with Gasteiger partial charge in [-0.05, 0) is 24.3 Å². The van der Waals surface area contributed by atoms with E-state index in [9.17, 15) is 13.2 Å². The summed E-state index contributed by atoms with van der Waals surface area (Å²) in [6, 6.07) is 15.2. The van der Waals surface area contributed by atoms with Gasteiger partial charge in [0.05, 0.1) is 12.0 Å². The fraction of sp³-hybridized carbons (Fsp3) is 0.278. The Kier molecular flexibility index (Phi) is 5.43. The monoisotopic (exact) mass is 375 g/mol. The minimum Gasteiger partial charge on any atom is -0.497 e. The average Bonchev–Trinajstić information content (AvgIpc) is 2.69. The highest BCUT2D eigenvalue weighted by atomic mass is 32.2. The highest BCUT2D eigenvalue weighted by Crippen LogP contribution is 2.19. The van der Waals surface area contributed by atoms with Crippen molar-refractivity contribution >= 4 is 21.7 Å². The van der Waals surface area contributed by atoms with Crippen molar-refractivity contribution < 1.29 is 17.9 Å². The van der Waals surface area contributed by atoms with E-state index >= 15 is 0 Å². The van der Waals surface area contributed by atoms with Gasteiger partial charge in [-0.1, -0.05) is 24.3 Å². The highest BCUT2D eigenvalue weighted by molar-refractivity contribution is 7.89. The Morgan fingerprint density at radius 3 is 2.35 bits per heavy atom. The smallest absolute Gasteiger partial charge is 0.321 e. The number of anilines is 1. The maximum absolute atomic E-state index is 12.6. The number of hydrogen-bond donors (Lipinski definition) is 1. The lowest BCUT2D eigenvalue weighted by Gasteiger charge is -2.34. The van der Waals surface area contributed by atoms with Crippen LogP contribution >= 0.6 is 0 Å². The molecule has 0 bridgehead atoms. The van der Waals surface area contributed by atoms with Gasteiger partial charge in [-0.15, -0.1) is 0 Å². The number of urea groups is 1. The van der Waals surface area contributed by atoms with Crippen LogP contribution in [0.2, 0.25) is 0 Å². The van der Waals surface area contributed by atoms with E-state index in [2.05, 4.69) is 5.32 Å². The number of methoxy groups -OCH3 is 1. The van der Waals surface area contributed by atoms with E-state index in [-0.39, 0.29) is 24.0 Å². The summed E-state index contributed by atoms with van der Waals surface area (Å²) in [6.07, 6.45) is 0. The molecular formula is C18H21N3O4S. The minimum atomic E-state index is -3.52. The number of nitrogens with one attached hydrogen (secondary N) is 1. The lowest BCUT2D eigenvalue weighted by atomic mass is 10.3. The Morgan fingerprint density at radius 2 is 1.69 bits per heavy atom. The van der Waals surface area contributed by atoms with E-state index < -0.39 is 10.0 Å². The maximum atomic E-state index is 12.6. The quantitative estimate of drug-likeness (QED) is 0.889. The Morgan fingerprint density at radius 1 is 1.00 bits per heavy atom. The third kappa shape index (κ3) is 3.97. The van der Waals surface area contributed by atoms with Gasteiger partial charge in [0.2, 0.25) is 10.0 Å². The van der Waals surface area contributed by atoms with Gasteiger partial charge in [0.15, 0.2) is 0 Å². The van der Waals surface area contributed by atoms with Crippen LogP contribution in [0.5, 0.6) is 5.75 Å². The summed E-state index contributed by atoms with van der Waals surface area (Å²) in [7, 11) is -1.96. The van der Waals surface area contributed by atoms with E-state index in [1.54, 1.807) is 66.6 Å². The second-order valence-corrected chi connectivity index (χ2v) is 7.80. The zero-order chi connectivity index (χ0) is 18.6. The molecule has 2 aromatic rings. The second kappa shape index (κ2) is 7.76. The fourth-order valence-corrected chi connectivity index (χ4v) is 4.22. The summed E-state index contributed by atoms with van der Waals surface area (Å²) in [5, 5.41) is 2.81. The second-order valence-electron chi connectivity index (χ2n) is 5.87. The number of carbonyl (C=O) groups excluding carboxylic acids is 1. The van der Waals surface area contributed by atoms with Crippen LogP contribution in [-0.4, -0.2) is 56.9 Å². The first-order valence-corrected chi connectivity index (χ1v) is 9.70. The molecule has 26 heavy (non-hydrogen) atoms. The van der Waals surface area contributed by atoms with Gasteiger partial charge in [0, 0.05) is 37.9 Å². The molecule has 1 aliphatic heterocycles. The van der Waals surface area contributed by atoms with Crippen molar-refractivity contribution in [3.8, 4) is 5.75 Å². The summed E-state index contributed by atoms with van der Waals surface area (Å²) < 4.78 is 31.8. The molecule has 1 aliphatic rings. The normalized spacial score (nSPS) is 15.5. The van der Waals surface area contributed by atoms with Crippen molar-refractivity contribution in [3.05, 3.63) is 54.6 Å². The van der Waals surface area contributed by atoms with Crippen LogP contribution in [0.3, 0.4) is 0 Å². The van der Waals surface area contributed by atoms with Gasteiger partial charge in [-0.2, -0.15) is 4.31 Å². The van der Waals surface area contributed by atoms with Gasteiger partial charge in [-0.3, -0.25) is 0 Å². The molecule has 8 heteroatoms. The first-order chi connectivity index (χ1) is 12.5. The molecular weight excluding hydrogens is 354 g/mol. The number of ether oxygens (including phenoxy) is 1. The number of carbonyl (C=O) groups is 1. The van der Waals surface area contributed by atoms with E-state index in [1.807, 2.05) is 0 Å². The van der Waals surface area contributed by atoms with Crippen LogP contribution in [-0.2, 0) is 10.0 Å². The van der Waals surface area contributed by atoms with Crippen molar-refractivity contribution in [2.24, 2.45) is 0 Å². The molecule has 3 rings (SSSR count). The Hall–Kier alpha value is -2.58. The molecule has 1 N–H and O–H groups in total. The lowest BCUT2D eigenvalue weighted by molar-refractivity contribution is 0.184. The van der Waals surface area contributed by atoms with Crippen LogP contribution in [0.4, 0.5) is 10.5 Å². The van der Waals surface area contributed by atoms with Crippen LogP contribution < -0.4 is 10.1 Å². The van der Waals surface area contributed by atoms with E-state index in [1.165, 1.54) is 4.31 Å². The third-order valence-electron chi connectivity index (χ3n) is 4.23. The molecule has 1 heterocycles. The maximum Gasteiger partial charge on any atom is 0.321 e. The Balaban J connectivity index is 1.60. The third-order valence-corrected chi connectivity index (χ3v) is 6.14. The fourth-order valence-electron chi connectivity index (χ4n) is 2.78. The van der Waals surface area contributed by atoms with Gasteiger partial charge < -0.3 is 15.0 Å². The van der Waals surface area contributed by atoms with Crippen LogP contribution in [0.25, 0.3) is 0 Å². The number of amides is 2. The number of sulfonamides is 1. The number of hydrogen-bond acceptors (Lipinski definition) is 4. The topological polar surface area (TPSA) is 79.0 Å². The molecule has 7 nitrogen and oxygen atoms in total. The molecule has 2 amide bonds. The molecule has 0 radical (unpaired) electrons. The van der Waals surface area contributed by atoms with Crippen molar-refractivity contribution in [2.75, 3.05) is 38.6 Å². The van der Waals surface area contributed by atoms with E-state index in [4.69, 9.17) is 4.74 Å². The van der Waals surface area contributed by atoms with Crippen molar-refractivity contribution in [1.29, 1.82) is 0 Å². The zero-order valence-electron chi connectivity index (χ0n) is 14.5. The average molecular weight is 375 g/mol. The largest absolute Gasteiger partial charge is 0.497 e. The summed E-state index contributed by atoms with van der Waals surface area (Å²) in [5.41, 5.74) is 0.633. The van der Waals surface area contributed by atoms with Crippen LogP contribution in [0.1, 0.15) is 0 Å². The highest BCUT2D eigenvalue weighted by Gasteiger charge is 2.29. The SMILES string of the molecule is COc1cccc(NC(=O)N2CCN(S(=O)(=O)c3ccccc3)CC2)c1. The van der Waals surface area contributed by atoms with E-state index in [0.717, 1.165) is 0 Å². The summed E-state index contributed by atoms with van der Waals surface area (Å²) >= 11 is 0. The molecule has 0 spiro atoms. The Labute approximate surface area is 153 Å². The first-order valence-electron chi connectivity index (χ1n) is 8.26. The molecule has 0 atom stereocenters.